The van der Waals surface area contributed by atoms with E-state index in [1.165, 1.54) is 29.5 Å². The quantitative estimate of drug-likeness (QED) is 0.506. The highest BCUT2D eigenvalue weighted by atomic mass is 32.1. The second kappa shape index (κ2) is 8.60. The van der Waals surface area contributed by atoms with Gasteiger partial charge in [-0.25, -0.2) is 0 Å². The van der Waals surface area contributed by atoms with Gasteiger partial charge in [-0.2, -0.15) is 5.10 Å². The molecule has 0 saturated heterocycles. The minimum Gasteiger partial charge on any atom is -0.361 e. The molecular weight excluding hydrogens is 314 g/mol. The molecule has 0 aromatic heterocycles. The Morgan fingerprint density at radius 2 is 1.71 bits per heavy atom. The van der Waals surface area contributed by atoms with Crippen molar-refractivity contribution in [1.29, 1.82) is 0 Å². The van der Waals surface area contributed by atoms with Crippen LogP contribution in [-0.2, 0) is 12.8 Å². The van der Waals surface area contributed by atoms with E-state index in [0.717, 1.165) is 31.5 Å². The van der Waals surface area contributed by atoms with Gasteiger partial charge in [-0.1, -0.05) is 54.6 Å². The number of hydrogen-bond donors (Lipinski definition) is 2. The van der Waals surface area contributed by atoms with Gasteiger partial charge in [0, 0.05) is 12.1 Å². The molecule has 0 aliphatic heterocycles. The number of fused-ring (bicyclic) bond motifs is 1. The summed E-state index contributed by atoms with van der Waals surface area (Å²) < 4.78 is 0. The monoisotopic (exact) mass is 337 g/mol. The number of aryl methyl sites for hydroxylation is 1. The van der Waals surface area contributed by atoms with Gasteiger partial charge in [-0.05, 0) is 55.4 Å². The third-order valence-corrected chi connectivity index (χ3v) is 4.51. The summed E-state index contributed by atoms with van der Waals surface area (Å²) in [5.74, 6) is 0. The lowest BCUT2D eigenvalue weighted by atomic mass is 10.0. The van der Waals surface area contributed by atoms with Crippen LogP contribution in [0.15, 0.2) is 59.7 Å². The largest absolute Gasteiger partial charge is 0.361 e. The first-order chi connectivity index (χ1) is 11.8. The van der Waals surface area contributed by atoms with Crippen molar-refractivity contribution in [2.24, 2.45) is 5.10 Å². The van der Waals surface area contributed by atoms with Crippen LogP contribution in [0.4, 0.5) is 0 Å². The molecule has 2 aromatic rings. The van der Waals surface area contributed by atoms with E-state index in [4.69, 9.17) is 12.2 Å². The predicted octanol–water partition coefficient (Wildman–Crippen LogP) is 3.82. The fourth-order valence-corrected chi connectivity index (χ4v) is 3.15. The predicted molar refractivity (Wildman–Crippen MR) is 104 cm³/mol. The molecule has 24 heavy (non-hydrogen) atoms. The molecule has 0 atom stereocenters. The first-order valence-electron chi connectivity index (χ1n) is 8.55. The summed E-state index contributed by atoms with van der Waals surface area (Å²) in [6, 6.07) is 18.9. The lowest BCUT2D eigenvalue weighted by Crippen LogP contribution is -2.34. The van der Waals surface area contributed by atoms with Crippen LogP contribution >= 0.6 is 12.2 Å². The Balaban J connectivity index is 1.54. The molecule has 3 nitrogen and oxygen atoms in total. The summed E-state index contributed by atoms with van der Waals surface area (Å²) in [6.07, 6.45) is 5.47. The molecule has 1 aliphatic rings. The Morgan fingerprint density at radius 3 is 2.58 bits per heavy atom. The normalized spacial score (nSPS) is 15.4. The first-order valence-corrected chi connectivity index (χ1v) is 8.96. The van der Waals surface area contributed by atoms with Crippen molar-refractivity contribution >= 4 is 23.0 Å². The fraction of sp³-hybridized carbons (Fsp3) is 0.300. The number of nitrogens with one attached hydrogen (secondary N) is 2. The third-order valence-electron chi connectivity index (χ3n) is 4.27. The Kier molecular flexibility index (Phi) is 5.96. The molecule has 2 N–H and O–H groups in total. The van der Waals surface area contributed by atoms with Crippen LogP contribution in [0.1, 0.15) is 36.0 Å². The van der Waals surface area contributed by atoms with Crippen molar-refractivity contribution < 1.29 is 0 Å². The van der Waals surface area contributed by atoms with Crippen LogP contribution in [0, 0.1) is 0 Å². The van der Waals surface area contributed by atoms with E-state index >= 15 is 0 Å². The molecule has 2 aromatic carbocycles. The van der Waals surface area contributed by atoms with Gasteiger partial charge in [0.15, 0.2) is 5.11 Å². The van der Waals surface area contributed by atoms with Crippen LogP contribution in [0.25, 0.3) is 0 Å². The van der Waals surface area contributed by atoms with Gasteiger partial charge in [-0.15, -0.1) is 0 Å². The van der Waals surface area contributed by atoms with Gasteiger partial charge < -0.3 is 5.32 Å². The van der Waals surface area contributed by atoms with E-state index in [2.05, 4.69) is 64.4 Å². The topological polar surface area (TPSA) is 36.4 Å². The summed E-state index contributed by atoms with van der Waals surface area (Å²) in [5.41, 5.74) is 8.07. The summed E-state index contributed by atoms with van der Waals surface area (Å²) in [7, 11) is 0. The van der Waals surface area contributed by atoms with Gasteiger partial charge in [0.05, 0.1) is 5.71 Å². The van der Waals surface area contributed by atoms with Crippen LogP contribution in [-0.4, -0.2) is 17.4 Å². The number of hydrazone groups is 1. The van der Waals surface area contributed by atoms with Crippen molar-refractivity contribution in [1.82, 2.24) is 10.7 Å². The SMILES string of the molecule is S=C(NCCc1ccccc1)NN=C1CCCCc2ccccc21. The molecule has 0 fully saturated rings. The van der Waals surface area contributed by atoms with Crippen LogP contribution < -0.4 is 10.7 Å². The Bertz CT molecular complexity index is 710. The molecule has 0 saturated carbocycles. The van der Waals surface area contributed by atoms with E-state index < -0.39 is 0 Å². The zero-order valence-electron chi connectivity index (χ0n) is 13.8. The molecule has 0 heterocycles. The summed E-state index contributed by atoms with van der Waals surface area (Å²) in [4.78, 5) is 0. The Hall–Kier alpha value is -2.20. The third kappa shape index (κ3) is 4.65. The molecule has 3 rings (SSSR count). The zero-order valence-corrected chi connectivity index (χ0v) is 14.6. The summed E-state index contributed by atoms with van der Waals surface area (Å²) >= 11 is 5.34. The molecule has 4 heteroatoms. The molecule has 124 valence electrons. The van der Waals surface area contributed by atoms with Crippen molar-refractivity contribution in [3.05, 3.63) is 71.3 Å². The van der Waals surface area contributed by atoms with Crippen molar-refractivity contribution in [2.45, 2.75) is 32.1 Å². The lowest BCUT2D eigenvalue weighted by molar-refractivity contribution is 0.773. The van der Waals surface area contributed by atoms with E-state index in [0.29, 0.717) is 5.11 Å². The summed E-state index contributed by atoms with van der Waals surface area (Å²) in [5, 5.41) is 8.38. The molecule has 0 radical (unpaired) electrons. The average molecular weight is 337 g/mol. The summed E-state index contributed by atoms with van der Waals surface area (Å²) in [6.45, 7) is 0.803. The molecule has 1 aliphatic carbocycles. The number of hydrogen-bond acceptors (Lipinski definition) is 2. The second-order valence-electron chi connectivity index (χ2n) is 6.03. The van der Waals surface area contributed by atoms with Crippen molar-refractivity contribution in [3.63, 3.8) is 0 Å². The average Bonchev–Trinajstić information content (AvgIpc) is 2.83. The molecule has 0 unspecified atom stereocenters. The van der Waals surface area contributed by atoms with Crippen molar-refractivity contribution in [3.8, 4) is 0 Å². The van der Waals surface area contributed by atoms with Crippen molar-refractivity contribution in [2.75, 3.05) is 6.54 Å². The highest BCUT2D eigenvalue weighted by Crippen LogP contribution is 2.20. The minimum absolute atomic E-state index is 0.583. The molecule has 0 spiro atoms. The Labute approximate surface area is 149 Å². The minimum atomic E-state index is 0.583. The maximum absolute atomic E-state index is 5.34. The maximum Gasteiger partial charge on any atom is 0.186 e. The fourth-order valence-electron chi connectivity index (χ4n) is 3.00. The number of nitrogens with zero attached hydrogens (tertiary/aromatic N) is 1. The van der Waals surface area contributed by atoms with Gasteiger partial charge in [0.1, 0.15) is 0 Å². The highest BCUT2D eigenvalue weighted by molar-refractivity contribution is 7.80. The van der Waals surface area contributed by atoms with E-state index in [9.17, 15) is 0 Å². The maximum atomic E-state index is 5.34. The Morgan fingerprint density at radius 1 is 0.958 bits per heavy atom. The van der Waals surface area contributed by atoms with Gasteiger partial charge in [-0.3, -0.25) is 5.43 Å². The van der Waals surface area contributed by atoms with Crippen LogP contribution in [0.2, 0.25) is 0 Å². The van der Waals surface area contributed by atoms with E-state index in [-0.39, 0.29) is 0 Å². The zero-order chi connectivity index (χ0) is 16.6. The second-order valence-corrected chi connectivity index (χ2v) is 6.43. The molecule has 0 bridgehead atoms. The molecule has 0 amide bonds. The lowest BCUT2D eigenvalue weighted by Gasteiger charge is -2.10. The van der Waals surface area contributed by atoms with Gasteiger partial charge in [0.25, 0.3) is 0 Å². The first kappa shape index (κ1) is 16.7. The van der Waals surface area contributed by atoms with Crippen LogP contribution in [0.5, 0.6) is 0 Å². The number of thiocarbonyl (C=S) groups is 1. The number of rotatable bonds is 4. The van der Waals surface area contributed by atoms with Crippen LogP contribution in [0.3, 0.4) is 0 Å². The van der Waals surface area contributed by atoms with Gasteiger partial charge >= 0.3 is 0 Å². The van der Waals surface area contributed by atoms with Gasteiger partial charge in [0.2, 0.25) is 0 Å². The highest BCUT2D eigenvalue weighted by Gasteiger charge is 2.13. The molecular formula is C20H23N3S. The van der Waals surface area contributed by atoms with E-state index in [1.807, 2.05) is 6.07 Å². The van der Waals surface area contributed by atoms with E-state index in [1.54, 1.807) is 0 Å². The smallest absolute Gasteiger partial charge is 0.186 e. The standard InChI is InChI=1S/C20H23N3S/c24-20(21-15-14-16-8-2-1-3-9-16)23-22-19-13-7-5-11-17-10-4-6-12-18(17)19/h1-4,6,8-10,12H,5,7,11,13-15H2,(H2,21,23,24). The number of benzene rings is 2.